The van der Waals surface area contributed by atoms with Crippen molar-refractivity contribution >= 4 is 23.6 Å². The number of nitrogens with one attached hydrogen (secondary N) is 1. The number of thioether (sulfide) groups is 1. The van der Waals surface area contributed by atoms with Gasteiger partial charge in [-0.15, -0.1) is 11.8 Å². The lowest BCUT2D eigenvalue weighted by Crippen LogP contribution is -2.43. The molecule has 1 aliphatic heterocycles. The van der Waals surface area contributed by atoms with Gasteiger partial charge in [0.25, 0.3) is 0 Å². The second-order valence-corrected chi connectivity index (χ2v) is 4.18. The van der Waals surface area contributed by atoms with Gasteiger partial charge in [-0.2, -0.15) is 0 Å². The van der Waals surface area contributed by atoms with E-state index >= 15 is 0 Å². The molecule has 0 spiro atoms. The molecule has 0 aliphatic carbocycles. The molecule has 1 atom stereocenters. The van der Waals surface area contributed by atoms with Gasteiger partial charge in [-0.3, -0.25) is 4.79 Å². The lowest BCUT2D eigenvalue weighted by Gasteiger charge is -2.16. The molecule has 1 unspecified atom stereocenters. The number of allylic oxidation sites excluding steroid dienone is 1. The fourth-order valence-corrected chi connectivity index (χ4v) is 2.04. The van der Waals surface area contributed by atoms with Gasteiger partial charge in [0.05, 0.1) is 7.11 Å². The van der Waals surface area contributed by atoms with E-state index in [2.05, 4.69) is 10.1 Å². The zero-order chi connectivity index (χ0) is 11.1. The number of methoxy groups -OCH3 is 1. The Hall–Kier alpha value is -0.970. The van der Waals surface area contributed by atoms with Crippen molar-refractivity contribution in [2.45, 2.75) is 25.3 Å². The molecule has 0 radical (unpaired) electrons. The van der Waals surface area contributed by atoms with E-state index in [4.69, 9.17) is 0 Å². The van der Waals surface area contributed by atoms with Crippen molar-refractivity contribution in [1.82, 2.24) is 5.32 Å². The van der Waals surface area contributed by atoms with Crippen molar-refractivity contribution in [3.63, 3.8) is 0 Å². The topological polar surface area (TPSA) is 55.4 Å². The largest absolute Gasteiger partial charge is 0.467 e. The molecule has 15 heavy (non-hydrogen) atoms. The summed E-state index contributed by atoms with van der Waals surface area (Å²) in [5, 5.41) is 4.63. The van der Waals surface area contributed by atoms with Gasteiger partial charge in [0, 0.05) is 12.2 Å². The Kier molecular flexibility index (Phi) is 5.25. The van der Waals surface area contributed by atoms with Gasteiger partial charge in [0.2, 0.25) is 5.91 Å². The molecule has 0 saturated carbocycles. The van der Waals surface area contributed by atoms with E-state index in [1.807, 2.05) is 11.5 Å². The van der Waals surface area contributed by atoms with Crippen molar-refractivity contribution < 1.29 is 14.3 Å². The number of rotatable bonds is 1. The van der Waals surface area contributed by atoms with Crippen LogP contribution in [0, 0.1) is 0 Å². The SMILES string of the molecule is COC(=O)C1CSC=CCCCC(=O)N1. The monoisotopic (exact) mass is 229 g/mol. The van der Waals surface area contributed by atoms with Crippen LogP contribution in [0.2, 0.25) is 0 Å². The van der Waals surface area contributed by atoms with Crippen LogP contribution in [0.1, 0.15) is 19.3 Å². The van der Waals surface area contributed by atoms with E-state index < -0.39 is 6.04 Å². The van der Waals surface area contributed by atoms with E-state index in [0.29, 0.717) is 12.2 Å². The van der Waals surface area contributed by atoms with Gasteiger partial charge in [0.15, 0.2) is 0 Å². The molecule has 4 nitrogen and oxygen atoms in total. The van der Waals surface area contributed by atoms with E-state index in [1.54, 1.807) is 0 Å². The molecule has 0 bridgehead atoms. The Morgan fingerprint density at radius 2 is 2.47 bits per heavy atom. The maximum atomic E-state index is 11.4. The molecule has 84 valence electrons. The normalized spacial score (nSPS) is 23.0. The fourth-order valence-electron chi connectivity index (χ4n) is 1.25. The van der Waals surface area contributed by atoms with Crippen LogP contribution in [0.4, 0.5) is 0 Å². The summed E-state index contributed by atoms with van der Waals surface area (Å²) in [6, 6.07) is -0.532. The van der Waals surface area contributed by atoms with Crippen LogP contribution < -0.4 is 5.32 Å². The highest BCUT2D eigenvalue weighted by atomic mass is 32.2. The second kappa shape index (κ2) is 6.50. The second-order valence-electron chi connectivity index (χ2n) is 3.24. The van der Waals surface area contributed by atoms with E-state index in [9.17, 15) is 9.59 Å². The summed E-state index contributed by atoms with van der Waals surface area (Å²) in [7, 11) is 1.33. The lowest BCUT2D eigenvalue weighted by molar-refractivity contribution is -0.144. The van der Waals surface area contributed by atoms with Crippen LogP contribution in [0.3, 0.4) is 0 Å². The third-order valence-corrected chi connectivity index (χ3v) is 2.96. The first-order valence-corrected chi connectivity index (χ1v) is 5.92. The average Bonchev–Trinajstić information content (AvgIpc) is 2.25. The predicted octanol–water partition coefficient (Wildman–Crippen LogP) is 1.07. The molecule has 1 amide bonds. The number of esters is 1. The van der Waals surface area contributed by atoms with Gasteiger partial charge >= 0.3 is 5.97 Å². The summed E-state index contributed by atoms with van der Waals surface area (Å²) in [5.41, 5.74) is 0. The summed E-state index contributed by atoms with van der Waals surface area (Å²) >= 11 is 1.51. The zero-order valence-electron chi connectivity index (χ0n) is 8.69. The Morgan fingerprint density at radius 1 is 1.67 bits per heavy atom. The predicted molar refractivity (Wildman–Crippen MR) is 59.4 cm³/mol. The Balaban J connectivity index is 2.58. The molecule has 0 aromatic heterocycles. The van der Waals surface area contributed by atoms with Gasteiger partial charge < -0.3 is 10.1 Å². The molecule has 0 fully saturated rings. The first kappa shape index (κ1) is 12.1. The van der Waals surface area contributed by atoms with Gasteiger partial charge in [-0.05, 0) is 18.2 Å². The van der Waals surface area contributed by atoms with Crippen molar-refractivity contribution in [2.75, 3.05) is 12.9 Å². The maximum absolute atomic E-state index is 11.4. The van der Waals surface area contributed by atoms with Crippen LogP contribution >= 0.6 is 11.8 Å². The number of carbonyl (C=O) groups excluding carboxylic acids is 2. The van der Waals surface area contributed by atoms with Crippen LogP contribution in [-0.4, -0.2) is 30.8 Å². The minimum absolute atomic E-state index is 0.0821. The standard InChI is InChI=1S/C10H15NO3S/c1-14-10(13)8-7-15-6-4-2-3-5-9(12)11-8/h4,6,8H,2-3,5,7H2,1H3,(H,11,12). The first-order chi connectivity index (χ1) is 7.24. The van der Waals surface area contributed by atoms with Crippen LogP contribution in [-0.2, 0) is 14.3 Å². The highest BCUT2D eigenvalue weighted by Crippen LogP contribution is 2.10. The number of hydrogen-bond acceptors (Lipinski definition) is 4. The third-order valence-electron chi connectivity index (χ3n) is 2.05. The molecule has 1 N–H and O–H groups in total. The van der Waals surface area contributed by atoms with E-state index in [-0.39, 0.29) is 11.9 Å². The van der Waals surface area contributed by atoms with Crippen LogP contribution in [0.25, 0.3) is 0 Å². The number of carbonyl (C=O) groups is 2. The Bertz CT molecular complexity index is 265. The van der Waals surface area contributed by atoms with Gasteiger partial charge in [0.1, 0.15) is 6.04 Å². The minimum atomic E-state index is -0.532. The number of hydrogen-bond donors (Lipinski definition) is 1. The van der Waals surface area contributed by atoms with Gasteiger partial charge in [-0.25, -0.2) is 4.79 Å². The quantitative estimate of drug-likeness (QED) is 0.683. The minimum Gasteiger partial charge on any atom is -0.467 e. The zero-order valence-corrected chi connectivity index (χ0v) is 9.51. The average molecular weight is 229 g/mol. The lowest BCUT2D eigenvalue weighted by atomic mass is 10.2. The molecular formula is C10H15NO3S. The molecule has 0 aromatic carbocycles. The fraction of sp³-hybridized carbons (Fsp3) is 0.600. The Labute approximate surface area is 93.4 Å². The van der Waals surface area contributed by atoms with Gasteiger partial charge in [-0.1, -0.05) is 6.08 Å². The summed E-state index contributed by atoms with van der Waals surface area (Å²) in [6.45, 7) is 0. The summed E-state index contributed by atoms with van der Waals surface area (Å²) in [6.07, 6.45) is 4.21. The van der Waals surface area contributed by atoms with Crippen LogP contribution in [0.5, 0.6) is 0 Å². The third kappa shape index (κ3) is 4.38. The van der Waals surface area contributed by atoms with Crippen molar-refractivity contribution in [3.8, 4) is 0 Å². The molecular weight excluding hydrogens is 214 g/mol. The van der Waals surface area contributed by atoms with E-state index in [1.165, 1.54) is 18.9 Å². The van der Waals surface area contributed by atoms with Crippen LogP contribution in [0.15, 0.2) is 11.5 Å². The highest BCUT2D eigenvalue weighted by Gasteiger charge is 2.20. The Morgan fingerprint density at radius 3 is 3.20 bits per heavy atom. The van der Waals surface area contributed by atoms with E-state index in [0.717, 1.165) is 12.8 Å². The van der Waals surface area contributed by atoms with Crippen molar-refractivity contribution in [1.29, 1.82) is 0 Å². The molecule has 1 rings (SSSR count). The highest BCUT2D eigenvalue weighted by molar-refractivity contribution is 8.02. The number of ether oxygens (including phenoxy) is 1. The first-order valence-electron chi connectivity index (χ1n) is 4.88. The molecule has 0 aromatic rings. The molecule has 1 aliphatic rings. The molecule has 1 heterocycles. The summed E-state index contributed by atoms with van der Waals surface area (Å²) in [4.78, 5) is 22.7. The summed E-state index contributed by atoms with van der Waals surface area (Å²) < 4.78 is 4.62. The summed E-state index contributed by atoms with van der Waals surface area (Å²) in [5.74, 6) is 0.0562. The van der Waals surface area contributed by atoms with Crippen molar-refractivity contribution in [2.24, 2.45) is 0 Å². The molecule has 5 heteroatoms. The number of amides is 1. The van der Waals surface area contributed by atoms with Crippen molar-refractivity contribution in [3.05, 3.63) is 11.5 Å². The maximum Gasteiger partial charge on any atom is 0.329 e. The molecule has 0 saturated heterocycles. The smallest absolute Gasteiger partial charge is 0.329 e.